The normalized spacial score (nSPS) is 16.6. The number of thiazole rings is 1. The monoisotopic (exact) mass is 301 g/mol. The second kappa shape index (κ2) is 5.45. The highest BCUT2D eigenvalue weighted by Crippen LogP contribution is 2.45. The molecule has 1 aromatic carbocycles. The fourth-order valence-corrected chi connectivity index (χ4v) is 4.14. The Morgan fingerprint density at radius 3 is 2.90 bits per heavy atom. The molecule has 0 bridgehead atoms. The molecule has 1 aliphatic heterocycles. The minimum absolute atomic E-state index is 0.159. The topological polar surface area (TPSA) is 22.1 Å². The van der Waals surface area contributed by atoms with Gasteiger partial charge in [0, 0.05) is 23.7 Å². The molecule has 0 radical (unpaired) electrons. The van der Waals surface area contributed by atoms with E-state index in [0.717, 1.165) is 25.2 Å². The highest BCUT2D eigenvalue weighted by molar-refractivity contribution is 7.15. The molecule has 0 unspecified atom stereocenters. The van der Waals surface area contributed by atoms with E-state index in [2.05, 4.69) is 50.9 Å². The molecular weight excluding hydrogens is 278 g/mol. The lowest BCUT2D eigenvalue weighted by Crippen LogP contribution is -2.27. The van der Waals surface area contributed by atoms with Gasteiger partial charge in [-0.05, 0) is 23.8 Å². The second-order valence-corrected chi connectivity index (χ2v) is 7.99. The van der Waals surface area contributed by atoms with Gasteiger partial charge in [-0.3, -0.25) is 0 Å². The van der Waals surface area contributed by atoms with Crippen molar-refractivity contribution >= 4 is 11.3 Å². The lowest BCUT2D eigenvalue weighted by atomic mass is 9.77. The quantitative estimate of drug-likeness (QED) is 0.789. The summed E-state index contributed by atoms with van der Waals surface area (Å²) in [5.74, 6) is 1.69. The summed E-state index contributed by atoms with van der Waals surface area (Å²) in [6, 6.07) is 6.40. The van der Waals surface area contributed by atoms with Gasteiger partial charge in [0.2, 0.25) is 0 Å². The Morgan fingerprint density at radius 1 is 1.33 bits per heavy atom. The van der Waals surface area contributed by atoms with Gasteiger partial charge < -0.3 is 4.74 Å². The summed E-state index contributed by atoms with van der Waals surface area (Å²) in [6.07, 6.45) is 4.15. The number of benzene rings is 1. The fraction of sp³-hybridized carbons (Fsp3) is 0.500. The first-order chi connectivity index (χ1) is 9.97. The average molecular weight is 301 g/mol. The molecule has 0 fully saturated rings. The van der Waals surface area contributed by atoms with Crippen LogP contribution in [0.15, 0.2) is 24.4 Å². The molecule has 2 heterocycles. The minimum atomic E-state index is 0.159. The maximum absolute atomic E-state index is 5.88. The van der Waals surface area contributed by atoms with Crippen molar-refractivity contribution in [2.24, 2.45) is 5.92 Å². The highest BCUT2D eigenvalue weighted by atomic mass is 32.1. The molecule has 1 aromatic heterocycles. The van der Waals surface area contributed by atoms with E-state index in [9.17, 15) is 0 Å². The summed E-state index contributed by atoms with van der Waals surface area (Å²) in [6.45, 7) is 9.91. The number of aromatic nitrogens is 1. The molecule has 2 aromatic rings. The van der Waals surface area contributed by atoms with E-state index in [1.165, 1.54) is 21.0 Å². The Bertz CT molecular complexity index is 642. The minimum Gasteiger partial charge on any atom is -0.493 e. The first-order valence-corrected chi connectivity index (χ1v) is 8.50. The zero-order valence-corrected chi connectivity index (χ0v) is 14.1. The van der Waals surface area contributed by atoms with Gasteiger partial charge in [0.15, 0.2) is 0 Å². The zero-order chi connectivity index (χ0) is 15.0. The molecule has 112 valence electrons. The van der Waals surface area contributed by atoms with Crippen LogP contribution in [0.2, 0.25) is 0 Å². The Hall–Kier alpha value is -1.35. The summed E-state index contributed by atoms with van der Waals surface area (Å²) in [5.41, 5.74) is 2.80. The van der Waals surface area contributed by atoms with Crippen molar-refractivity contribution in [3.8, 4) is 16.2 Å². The van der Waals surface area contributed by atoms with E-state index in [1.54, 1.807) is 0 Å². The molecule has 0 N–H and O–H groups in total. The molecule has 3 heteroatoms. The van der Waals surface area contributed by atoms with Crippen molar-refractivity contribution in [1.82, 2.24) is 4.98 Å². The van der Waals surface area contributed by atoms with Gasteiger partial charge >= 0.3 is 0 Å². The Balaban J connectivity index is 2.05. The third kappa shape index (κ3) is 2.84. The second-order valence-electron chi connectivity index (χ2n) is 6.88. The van der Waals surface area contributed by atoms with Gasteiger partial charge in [0.25, 0.3) is 0 Å². The number of hydrogen-bond donors (Lipinski definition) is 0. The number of nitrogens with zero attached hydrogens (tertiary/aromatic N) is 1. The molecule has 3 rings (SSSR count). The van der Waals surface area contributed by atoms with Crippen molar-refractivity contribution in [1.29, 1.82) is 0 Å². The Kier molecular flexibility index (Phi) is 3.78. The number of rotatable bonds is 3. The van der Waals surface area contributed by atoms with Crippen LogP contribution in [0.4, 0.5) is 0 Å². The maximum atomic E-state index is 5.88. The third-order valence-corrected chi connectivity index (χ3v) is 5.14. The first-order valence-electron chi connectivity index (χ1n) is 7.69. The summed E-state index contributed by atoms with van der Waals surface area (Å²) in [7, 11) is 0. The molecule has 0 atom stereocenters. The van der Waals surface area contributed by atoms with Gasteiger partial charge in [0.05, 0.1) is 16.5 Å². The van der Waals surface area contributed by atoms with Crippen molar-refractivity contribution in [2.75, 3.05) is 6.61 Å². The van der Waals surface area contributed by atoms with Crippen molar-refractivity contribution in [2.45, 2.75) is 46.0 Å². The molecule has 0 amide bonds. The van der Waals surface area contributed by atoms with Crippen LogP contribution >= 0.6 is 11.3 Å². The Morgan fingerprint density at radius 2 is 2.14 bits per heavy atom. The predicted octanol–water partition coefficient (Wildman–Crippen LogP) is 5.07. The Labute approximate surface area is 131 Å². The summed E-state index contributed by atoms with van der Waals surface area (Å²) in [4.78, 5) is 5.87. The molecular formula is C18H23NOS. The average Bonchev–Trinajstić information content (AvgIpc) is 2.85. The molecule has 21 heavy (non-hydrogen) atoms. The third-order valence-electron chi connectivity index (χ3n) is 4.09. The molecule has 0 saturated carbocycles. The highest BCUT2D eigenvalue weighted by Gasteiger charge is 2.31. The van der Waals surface area contributed by atoms with Crippen LogP contribution in [0.3, 0.4) is 0 Å². The number of ether oxygens (including phenoxy) is 1. The van der Waals surface area contributed by atoms with Crippen LogP contribution in [0.1, 0.15) is 44.7 Å². The van der Waals surface area contributed by atoms with Crippen LogP contribution in [0, 0.1) is 5.92 Å². The molecule has 1 aliphatic rings. The molecule has 2 nitrogen and oxygen atoms in total. The fourth-order valence-electron chi connectivity index (χ4n) is 2.97. The van der Waals surface area contributed by atoms with Crippen LogP contribution in [-0.4, -0.2) is 11.6 Å². The lowest BCUT2D eigenvalue weighted by molar-refractivity contribution is 0.235. The van der Waals surface area contributed by atoms with Gasteiger partial charge in [-0.25, -0.2) is 4.98 Å². The largest absolute Gasteiger partial charge is 0.493 e. The van der Waals surface area contributed by atoms with E-state index < -0.39 is 0 Å². The SMILES string of the molecule is CC(C)Cc1ncc(-c2cccc3c2C(C)(C)CCO3)s1. The maximum Gasteiger partial charge on any atom is 0.123 e. The van der Waals surface area contributed by atoms with Gasteiger partial charge in [0.1, 0.15) is 5.75 Å². The number of fused-ring (bicyclic) bond motifs is 1. The number of hydrogen-bond acceptors (Lipinski definition) is 3. The van der Waals surface area contributed by atoms with Crippen LogP contribution < -0.4 is 4.74 Å². The van der Waals surface area contributed by atoms with E-state index >= 15 is 0 Å². The lowest BCUT2D eigenvalue weighted by Gasteiger charge is -2.34. The van der Waals surface area contributed by atoms with Gasteiger partial charge in [-0.2, -0.15) is 0 Å². The van der Waals surface area contributed by atoms with Crippen molar-refractivity contribution < 1.29 is 4.74 Å². The van der Waals surface area contributed by atoms with Crippen molar-refractivity contribution in [3.05, 3.63) is 35.0 Å². The first kappa shape index (κ1) is 14.6. The molecule has 0 saturated heterocycles. The molecule has 0 aliphatic carbocycles. The van der Waals surface area contributed by atoms with Crippen LogP contribution in [0.5, 0.6) is 5.75 Å². The standard InChI is InChI=1S/C18H23NOS/c1-12(2)10-16-19-11-15(21-16)13-6-5-7-14-17(13)18(3,4)8-9-20-14/h5-7,11-12H,8-10H2,1-4H3. The summed E-state index contributed by atoms with van der Waals surface area (Å²) < 4.78 is 5.88. The smallest absolute Gasteiger partial charge is 0.123 e. The van der Waals surface area contributed by atoms with E-state index in [-0.39, 0.29) is 5.41 Å². The zero-order valence-electron chi connectivity index (χ0n) is 13.3. The summed E-state index contributed by atoms with van der Waals surface area (Å²) in [5, 5.41) is 1.23. The summed E-state index contributed by atoms with van der Waals surface area (Å²) >= 11 is 1.82. The predicted molar refractivity (Wildman–Crippen MR) is 89.2 cm³/mol. The molecule has 0 spiro atoms. The van der Waals surface area contributed by atoms with E-state index in [4.69, 9.17) is 4.74 Å². The van der Waals surface area contributed by atoms with E-state index in [0.29, 0.717) is 5.92 Å². The van der Waals surface area contributed by atoms with Gasteiger partial charge in [-0.1, -0.05) is 39.8 Å². The van der Waals surface area contributed by atoms with Crippen molar-refractivity contribution in [3.63, 3.8) is 0 Å². The van der Waals surface area contributed by atoms with Crippen LogP contribution in [0.25, 0.3) is 10.4 Å². The van der Waals surface area contributed by atoms with Gasteiger partial charge in [-0.15, -0.1) is 11.3 Å². The van der Waals surface area contributed by atoms with Crippen LogP contribution in [-0.2, 0) is 11.8 Å². The van der Waals surface area contributed by atoms with E-state index in [1.807, 2.05) is 17.5 Å².